The van der Waals surface area contributed by atoms with Crippen LogP contribution in [0, 0.1) is 5.92 Å². The third-order valence-electron chi connectivity index (χ3n) is 2.25. The van der Waals surface area contributed by atoms with Crippen LogP contribution in [0.15, 0.2) is 22.8 Å². The molecule has 0 aliphatic rings. The zero-order chi connectivity index (χ0) is 11.5. The van der Waals surface area contributed by atoms with Crippen LogP contribution in [-0.2, 0) is 13.2 Å². The molecular weight excluding hydrogens is 206 g/mol. The van der Waals surface area contributed by atoms with Gasteiger partial charge in [0, 0.05) is 6.54 Å². The third-order valence-corrected chi connectivity index (χ3v) is 2.25. The van der Waals surface area contributed by atoms with E-state index < -0.39 is 0 Å². The molecule has 0 fully saturated rings. The zero-order valence-electron chi connectivity index (χ0n) is 9.42. The highest BCUT2D eigenvalue weighted by molar-refractivity contribution is 5.54. The molecule has 0 radical (unpaired) electrons. The van der Waals surface area contributed by atoms with Gasteiger partial charge in [-0.15, -0.1) is 5.10 Å². The molecule has 2 aromatic heterocycles. The highest BCUT2D eigenvalue weighted by atomic mass is 16.3. The van der Waals surface area contributed by atoms with Crippen molar-refractivity contribution in [3.8, 4) is 11.5 Å². The maximum absolute atomic E-state index is 9.21. The first kappa shape index (κ1) is 10.9. The Morgan fingerprint density at radius 3 is 2.88 bits per heavy atom. The molecule has 0 aliphatic heterocycles. The number of hydrogen-bond donors (Lipinski definition) is 1. The van der Waals surface area contributed by atoms with E-state index in [0.717, 1.165) is 12.2 Å². The minimum Gasteiger partial charge on any atom is -0.463 e. The summed E-state index contributed by atoms with van der Waals surface area (Å²) >= 11 is 0. The minimum absolute atomic E-state index is 0.131. The van der Waals surface area contributed by atoms with E-state index in [9.17, 15) is 5.11 Å². The van der Waals surface area contributed by atoms with Gasteiger partial charge in [-0.1, -0.05) is 19.1 Å². The summed E-state index contributed by atoms with van der Waals surface area (Å²) in [7, 11) is 0. The molecule has 2 heterocycles. The van der Waals surface area contributed by atoms with Crippen LogP contribution in [0.25, 0.3) is 11.5 Å². The van der Waals surface area contributed by atoms with Crippen molar-refractivity contribution in [3.63, 3.8) is 0 Å². The molecule has 2 aromatic rings. The van der Waals surface area contributed by atoms with Crippen molar-refractivity contribution in [2.24, 2.45) is 5.92 Å². The largest absolute Gasteiger partial charge is 0.463 e. The maximum Gasteiger partial charge on any atom is 0.153 e. The molecule has 0 aromatic carbocycles. The first-order chi connectivity index (χ1) is 7.72. The fourth-order valence-electron chi connectivity index (χ4n) is 1.61. The molecule has 2 rings (SSSR count). The topological polar surface area (TPSA) is 64.1 Å². The Kier molecular flexibility index (Phi) is 3.05. The molecular formula is C11H15N3O2. The molecule has 0 saturated carbocycles. The predicted molar refractivity (Wildman–Crippen MR) is 58.5 cm³/mol. The molecule has 0 atom stereocenters. The summed E-state index contributed by atoms with van der Waals surface area (Å²) < 4.78 is 7.10. The first-order valence-corrected chi connectivity index (χ1v) is 5.29. The van der Waals surface area contributed by atoms with E-state index in [4.69, 9.17) is 4.42 Å². The lowest BCUT2D eigenvalue weighted by molar-refractivity contribution is 0.277. The Balaban J connectivity index is 2.43. The number of aromatic nitrogens is 3. The quantitative estimate of drug-likeness (QED) is 0.853. The lowest BCUT2D eigenvalue weighted by Gasteiger charge is -2.07. The van der Waals surface area contributed by atoms with Gasteiger partial charge in [-0.05, 0) is 18.1 Å². The van der Waals surface area contributed by atoms with Crippen LogP contribution in [0.5, 0.6) is 0 Å². The fourth-order valence-corrected chi connectivity index (χ4v) is 1.61. The number of aliphatic hydroxyl groups excluding tert-OH is 1. The van der Waals surface area contributed by atoms with Crippen LogP contribution < -0.4 is 0 Å². The van der Waals surface area contributed by atoms with Gasteiger partial charge in [0.05, 0.1) is 12.9 Å². The van der Waals surface area contributed by atoms with E-state index >= 15 is 0 Å². The monoisotopic (exact) mass is 221 g/mol. The van der Waals surface area contributed by atoms with E-state index in [0.29, 0.717) is 17.4 Å². The van der Waals surface area contributed by atoms with Gasteiger partial charge in [0.2, 0.25) is 0 Å². The normalized spacial score (nSPS) is 11.2. The van der Waals surface area contributed by atoms with E-state index in [2.05, 4.69) is 24.2 Å². The summed E-state index contributed by atoms with van der Waals surface area (Å²) in [6.07, 6.45) is 1.60. The number of hydrogen-bond acceptors (Lipinski definition) is 4. The van der Waals surface area contributed by atoms with Gasteiger partial charge in [0.25, 0.3) is 0 Å². The van der Waals surface area contributed by atoms with E-state index in [1.165, 1.54) is 0 Å². The van der Waals surface area contributed by atoms with Gasteiger partial charge in [0.1, 0.15) is 11.4 Å². The van der Waals surface area contributed by atoms with Crippen LogP contribution in [0.2, 0.25) is 0 Å². The molecule has 5 heteroatoms. The molecule has 0 aliphatic carbocycles. The Labute approximate surface area is 93.7 Å². The SMILES string of the molecule is CC(C)Cn1nnc(CO)c1-c1ccco1. The van der Waals surface area contributed by atoms with Crippen LogP contribution in [0.3, 0.4) is 0 Å². The molecule has 1 N–H and O–H groups in total. The standard InChI is InChI=1S/C11H15N3O2/c1-8(2)6-14-11(9(7-15)12-13-14)10-4-3-5-16-10/h3-5,8,15H,6-7H2,1-2H3. The Bertz CT molecular complexity index is 446. The lowest BCUT2D eigenvalue weighted by atomic mass is 10.2. The second-order valence-corrected chi connectivity index (χ2v) is 4.10. The average Bonchev–Trinajstić information content (AvgIpc) is 2.84. The predicted octanol–water partition coefficient (Wildman–Crippen LogP) is 1.69. The summed E-state index contributed by atoms with van der Waals surface area (Å²) in [4.78, 5) is 0. The van der Waals surface area contributed by atoms with Crippen molar-refractivity contribution >= 4 is 0 Å². The van der Waals surface area contributed by atoms with Crippen LogP contribution in [-0.4, -0.2) is 20.1 Å². The van der Waals surface area contributed by atoms with Crippen molar-refractivity contribution < 1.29 is 9.52 Å². The van der Waals surface area contributed by atoms with Crippen molar-refractivity contribution in [1.82, 2.24) is 15.0 Å². The summed E-state index contributed by atoms with van der Waals surface area (Å²) in [5.41, 5.74) is 1.32. The lowest BCUT2D eigenvalue weighted by Crippen LogP contribution is -2.08. The molecule has 0 bridgehead atoms. The van der Waals surface area contributed by atoms with Crippen molar-refractivity contribution in [1.29, 1.82) is 0 Å². The molecule has 0 spiro atoms. The maximum atomic E-state index is 9.21. The van der Waals surface area contributed by atoms with Gasteiger partial charge < -0.3 is 9.52 Å². The van der Waals surface area contributed by atoms with Crippen molar-refractivity contribution in [3.05, 3.63) is 24.1 Å². The first-order valence-electron chi connectivity index (χ1n) is 5.29. The zero-order valence-corrected chi connectivity index (χ0v) is 9.42. The number of rotatable bonds is 4. The van der Waals surface area contributed by atoms with Crippen LogP contribution >= 0.6 is 0 Å². The third kappa shape index (κ3) is 1.99. The number of aliphatic hydroxyl groups is 1. The summed E-state index contributed by atoms with van der Waals surface area (Å²) in [6, 6.07) is 3.65. The van der Waals surface area contributed by atoms with E-state index in [1.54, 1.807) is 10.9 Å². The van der Waals surface area contributed by atoms with Gasteiger partial charge in [-0.2, -0.15) is 0 Å². The molecule has 0 saturated heterocycles. The second-order valence-electron chi connectivity index (χ2n) is 4.10. The average molecular weight is 221 g/mol. The van der Waals surface area contributed by atoms with Gasteiger partial charge in [-0.3, -0.25) is 0 Å². The Hall–Kier alpha value is -1.62. The molecule has 5 nitrogen and oxygen atoms in total. The molecule has 0 unspecified atom stereocenters. The molecule has 0 amide bonds. The van der Waals surface area contributed by atoms with Crippen LogP contribution in [0.1, 0.15) is 19.5 Å². The van der Waals surface area contributed by atoms with Gasteiger partial charge >= 0.3 is 0 Å². The number of furan rings is 1. The van der Waals surface area contributed by atoms with Crippen molar-refractivity contribution in [2.75, 3.05) is 0 Å². The van der Waals surface area contributed by atoms with Gasteiger partial charge in [-0.25, -0.2) is 4.68 Å². The summed E-state index contributed by atoms with van der Waals surface area (Å²) in [6.45, 7) is 4.83. The van der Waals surface area contributed by atoms with Crippen molar-refractivity contribution in [2.45, 2.75) is 27.0 Å². The second kappa shape index (κ2) is 4.49. The molecule has 86 valence electrons. The summed E-state index contributed by atoms with van der Waals surface area (Å²) in [5.74, 6) is 1.15. The highest BCUT2D eigenvalue weighted by Crippen LogP contribution is 2.23. The van der Waals surface area contributed by atoms with Crippen LogP contribution in [0.4, 0.5) is 0 Å². The molecule has 16 heavy (non-hydrogen) atoms. The smallest absolute Gasteiger partial charge is 0.153 e. The summed E-state index contributed by atoms with van der Waals surface area (Å²) in [5, 5.41) is 17.2. The number of nitrogens with zero attached hydrogens (tertiary/aromatic N) is 3. The minimum atomic E-state index is -0.131. The Morgan fingerprint density at radius 2 is 2.31 bits per heavy atom. The fraction of sp³-hybridized carbons (Fsp3) is 0.455. The highest BCUT2D eigenvalue weighted by Gasteiger charge is 2.16. The Morgan fingerprint density at radius 1 is 1.50 bits per heavy atom. The van der Waals surface area contributed by atoms with E-state index in [-0.39, 0.29) is 6.61 Å². The van der Waals surface area contributed by atoms with Gasteiger partial charge in [0.15, 0.2) is 5.76 Å². The van der Waals surface area contributed by atoms with E-state index in [1.807, 2.05) is 12.1 Å².